The molecule has 0 fully saturated rings. The van der Waals surface area contributed by atoms with Crippen LogP contribution < -0.4 is 4.74 Å². The lowest BCUT2D eigenvalue weighted by atomic mass is 10.3. The molecule has 0 heterocycles. The number of phenolic OH excluding ortho intramolecular Hbond substituents is 1. The predicted octanol–water partition coefficient (Wildman–Crippen LogP) is 2.31. The SMILES string of the molecule is Oc1ccc(OCOCC(F)(F)F)cc1. The molecular formula is C9H9F3O3. The van der Waals surface area contributed by atoms with Crippen molar-refractivity contribution in [1.82, 2.24) is 0 Å². The van der Waals surface area contributed by atoms with E-state index in [1.165, 1.54) is 24.3 Å². The van der Waals surface area contributed by atoms with Crippen LogP contribution in [0.4, 0.5) is 13.2 Å². The van der Waals surface area contributed by atoms with Gasteiger partial charge in [-0.3, -0.25) is 0 Å². The van der Waals surface area contributed by atoms with Crippen molar-refractivity contribution in [3.05, 3.63) is 24.3 Å². The van der Waals surface area contributed by atoms with E-state index in [2.05, 4.69) is 4.74 Å². The molecule has 84 valence electrons. The van der Waals surface area contributed by atoms with E-state index in [0.717, 1.165) is 0 Å². The number of aromatic hydroxyl groups is 1. The Morgan fingerprint density at radius 3 is 2.27 bits per heavy atom. The Labute approximate surface area is 84.0 Å². The molecule has 0 amide bonds. The van der Waals surface area contributed by atoms with Crippen LogP contribution in [0.1, 0.15) is 0 Å². The fourth-order valence-corrected chi connectivity index (χ4v) is 0.809. The number of alkyl halides is 3. The maximum absolute atomic E-state index is 11.6. The fourth-order valence-electron chi connectivity index (χ4n) is 0.809. The number of hydrogen-bond acceptors (Lipinski definition) is 3. The Kier molecular flexibility index (Phi) is 3.79. The van der Waals surface area contributed by atoms with Gasteiger partial charge in [-0.2, -0.15) is 13.2 Å². The smallest absolute Gasteiger partial charge is 0.411 e. The van der Waals surface area contributed by atoms with Gasteiger partial charge in [0.05, 0.1) is 0 Å². The third-order valence-electron chi connectivity index (χ3n) is 1.41. The van der Waals surface area contributed by atoms with Gasteiger partial charge >= 0.3 is 6.18 Å². The van der Waals surface area contributed by atoms with E-state index in [4.69, 9.17) is 9.84 Å². The van der Waals surface area contributed by atoms with Crippen LogP contribution in [0.15, 0.2) is 24.3 Å². The van der Waals surface area contributed by atoms with E-state index in [1.54, 1.807) is 0 Å². The number of rotatable bonds is 4. The summed E-state index contributed by atoms with van der Waals surface area (Å²) in [6, 6.07) is 5.57. The van der Waals surface area contributed by atoms with Gasteiger partial charge in [-0.15, -0.1) is 0 Å². The Hall–Kier alpha value is -1.43. The Bertz CT molecular complexity index is 294. The molecule has 3 nitrogen and oxygen atoms in total. The molecule has 1 aromatic carbocycles. The number of ether oxygens (including phenoxy) is 2. The molecule has 0 aliphatic rings. The summed E-state index contributed by atoms with van der Waals surface area (Å²) in [6.45, 7) is -1.82. The van der Waals surface area contributed by atoms with Gasteiger partial charge in [0.2, 0.25) is 0 Å². The molecule has 1 rings (SSSR count). The first kappa shape index (κ1) is 11.6. The summed E-state index contributed by atoms with van der Waals surface area (Å²) in [6.07, 6.45) is -4.35. The summed E-state index contributed by atoms with van der Waals surface area (Å²) in [7, 11) is 0. The molecule has 0 bridgehead atoms. The van der Waals surface area contributed by atoms with Crippen LogP contribution in [0.2, 0.25) is 0 Å². The molecule has 1 N–H and O–H groups in total. The van der Waals surface area contributed by atoms with Crippen LogP contribution in [-0.4, -0.2) is 24.7 Å². The molecule has 0 saturated heterocycles. The van der Waals surface area contributed by atoms with Crippen LogP contribution in [0.3, 0.4) is 0 Å². The van der Waals surface area contributed by atoms with Gasteiger partial charge in [-0.1, -0.05) is 0 Å². The van der Waals surface area contributed by atoms with Crippen LogP contribution in [0.5, 0.6) is 11.5 Å². The fraction of sp³-hybridized carbons (Fsp3) is 0.333. The lowest BCUT2D eigenvalue weighted by molar-refractivity contribution is -0.186. The lowest BCUT2D eigenvalue weighted by Gasteiger charge is -2.09. The molecular weight excluding hydrogens is 213 g/mol. The zero-order valence-corrected chi connectivity index (χ0v) is 7.62. The van der Waals surface area contributed by atoms with Crippen molar-refractivity contribution in [1.29, 1.82) is 0 Å². The van der Waals surface area contributed by atoms with E-state index in [0.29, 0.717) is 5.75 Å². The second kappa shape index (κ2) is 4.88. The van der Waals surface area contributed by atoms with E-state index in [1.807, 2.05) is 0 Å². The predicted molar refractivity (Wildman–Crippen MR) is 45.6 cm³/mol. The summed E-state index contributed by atoms with van der Waals surface area (Å²) in [4.78, 5) is 0. The third kappa shape index (κ3) is 5.11. The van der Waals surface area contributed by atoms with Gasteiger partial charge in [-0.05, 0) is 24.3 Å². The average Bonchev–Trinajstić information content (AvgIpc) is 2.14. The lowest BCUT2D eigenvalue weighted by Crippen LogP contribution is -2.19. The summed E-state index contributed by atoms with van der Waals surface area (Å²) < 4.78 is 43.9. The minimum atomic E-state index is -4.35. The van der Waals surface area contributed by atoms with Gasteiger partial charge < -0.3 is 14.6 Å². The maximum Gasteiger partial charge on any atom is 0.411 e. The van der Waals surface area contributed by atoms with Crippen LogP contribution in [0, 0.1) is 0 Å². The van der Waals surface area contributed by atoms with Crippen molar-refractivity contribution in [2.45, 2.75) is 6.18 Å². The Balaban J connectivity index is 2.23. The zero-order valence-electron chi connectivity index (χ0n) is 7.62. The molecule has 0 aromatic heterocycles. The van der Waals surface area contributed by atoms with E-state index in [9.17, 15) is 13.2 Å². The second-order valence-corrected chi connectivity index (χ2v) is 2.72. The topological polar surface area (TPSA) is 38.7 Å². The normalized spacial score (nSPS) is 11.4. The molecule has 0 atom stereocenters. The second-order valence-electron chi connectivity index (χ2n) is 2.72. The molecule has 0 spiro atoms. The molecule has 0 aliphatic carbocycles. The highest BCUT2D eigenvalue weighted by Crippen LogP contribution is 2.17. The van der Waals surface area contributed by atoms with E-state index in [-0.39, 0.29) is 5.75 Å². The highest BCUT2D eigenvalue weighted by Gasteiger charge is 2.27. The Morgan fingerprint density at radius 2 is 1.73 bits per heavy atom. The quantitative estimate of drug-likeness (QED) is 0.627. The standard InChI is InChI=1S/C9H9F3O3/c10-9(11,12)5-14-6-15-8-3-1-7(13)2-4-8/h1-4,13H,5-6H2. The largest absolute Gasteiger partial charge is 0.508 e. The third-order valence-corrected chi connectivity index (χ3v) is 1.41. The van der Waals surface area contributed by atoms with Crippen molar-refractivity contribution >= 4 is 0 Å². The molecule has 0 radical (unpaired) electrons. The summed E-state index contributed by atoms with van der Waals surface area (Å²) in [5.74, 6) is 0.383. The van der Waals surface area contributed by atoms with Crippen LogP contribution >= 0.6 is 0 Å². The molecule has 0 unspecified atom stereocenters. The maximum atomic E-state index is 11.6. The van der Waals surface area contributed by atoms with Crippen molar-refractivity contribution in [3.8, 4) is 11.5 Å². The first-order valence-electron chi connectivity index (χ1n) is 4.04. The molecule has 1 aromatic rings. The molecule has 15 heavy (non-hydrogen) atoms. The molecule has 0 saturated carbocycles. The van der Waals surface area contributed by atoms with Gasteiger partial charge in [-0.25, -0.2) is 0 Å². The van der Waals surface area contributed by atoms with Crippen molar-refractivity contribution in [2.24, 2.45) is 0 Å². The average molecular weight is 222 g/mol. The van der Waals surface area contributed by atoms with Crippen molar-refractivity contribution in [2.75, 3.05) is 13.4 Å². The highest BCUT2D eigenvalue weighted by atomic mass is 19.4. The number of phenols is 1. The number of halogens is 3. The monoisotopic (exact) mass is 222 g/mol. The number of benzene rings is 1. The molecule has 6 heteroatoms. The number of hydrogen-bond donors (Lipinski definition) is 1. The zero-order chi connectivity index (χ0) is 11.3. The van der Waals surface area contributed by atoms with E-state index >= 15 is 0 Å². The first-order chi connectivity index (χ1) is 6.97. The Morgan fingerprint density at radius 1 is 1.13 bits per heavy atom. The minimum absolute atomic E-state index is 0.0542. The highest BCUT2D eigenvalue weighted by molar-refractivity contribution is 5.29. The first-order valence-corrected chi connectivity index (χ1v) is 4.04. The van der Waals surface area contributed by atoms with Crippen molar-refractivity contribution < 1.29 is 27.8 Å². The van der Waals surface area contributed by atoms with Gasteiger partial charge in [0, 0.05) is 0 Å². The van der Waals surface area contributed by atoms with E-state index < -0.39 is 19.6 Å². The van der Waals surface area contributed by atoms with Gasteiger partial charge in [0.25, 0.3) is 0 Å². The van der Waals surface area contributed by atoms with Crippen molar-refractivity contribution in [3.63, 3.8) is 0 Å². The summed E-state index contributed by atoms with van der Waals surface area (Å²) >= 11 is 0. The van der Waals surface area contributed by atoms with Gasteiger partial charge in [0.1, 0.15) is 18.1 Å². The van der Waals surface area contributed by atoms with Crippen LogP contribution in [-0.2, 0) is 4.74 Å². The van der Waals surface area contributed by atoms with Crippen LogP contribution in [0.25, 0.3) is 0 Å². The van der Waals surface area contributed by atoms with Gasteiger partial charge in [0.15, 0.2) is 6.79 Å². The summed E-state index contributed by atoms with van der Waals surface area (Å²) in [5, 5.41) is 8.90. The molecule has 0 aliphatic heterocycles. The summed E-state index contributed by atoms with van der Waals surface area (Å²) in [5.41, 5.74) is 0. The minimum Gasteiger partial charge on any atom is -0.508 e.